The van der Waals surface area contributed by atoms with E-state index in [9.17, 15) is 18.0 Å². The summed E-state index contributed by atoms with van der Waals surface area (Å²) >= 11 is 0. The van der Waals surface area contributed by atoms with Gasteiger partial charge in [-0.05, 0) is 63.3 Å². The Morgan fingerprint density at radius 2 is 1.84 bits per heavy atom. The van der Waals surface area contributed by atoms with Gasteiger partial charge in [-0.15, -0.1) is 0 Å². The molecule has 32 heavy (non-hydrogen) atoms. The molecule has 0 aromatic heterocycles. The number of nitrogens with one attached hydrogen (secondary N) is 1. The third-order valence-electron chi connectivity index (χ3n) is 6.10. The zero-order valence-corrected chi connectivity index (χ0v) is 20.1. The molecule has 9 heteroatoms. The van der Waals surface area contributed by atoms with Crippen LogP contribution < -0.4 is 10.2 Å². The Hall–Kier alpha value is -1.97. The molecule has 0 bridgehead atoms. The first-order valence-electron chi connectivity index (χ1n) is 11.5. The summed E-state index contributed by atoms with van der Waals surface area (Å²) < 4.78 is 32.8. The van der Waals surface area contributed by atoms with Crippen molar-refractivity contribution in [3.05, 3.63) is 24.3 Å². The highest BCUT2D eigenvalue weighted by atomic mass is 32.2. The fraction of sp³-hybridized carbons (Fsp3) is 0.652. The molecule has 2 heterocycles. The van der Waals surface area contributed by atoms with Gasteiger partial charge in [-0.1, -0.05) is 6.92 Å². The van der Waals surface area contributed by atoms with E-state index in [0.29, 0.717) is 44.4 Å². The third-order valence-corrected chi connectivity index (χ3v) is 8.01. The molecule has 1 unspecified atom stereocenters. The van der Waals surface area contributed by atoms with Crippen molar-refractivity contribution in [1.82, 2.24) is 9.62 Å². The summed E-state index contributed by atoms with van der Waals surface area (Å²) in [5.74, 6) is -0.131. The number of hydrogen-bond donors (Lipinski definition) is 1. The van der Waals surface area contributed by atoms with Crippen LogP contribution in [0.3, 0.4) is 0 Å². The van der Waals surface area contributed by atoms with Crippen molar-refractivity contribution in [2.45, 2.75) is 57.5 Å². The SMILES string of the molecule is CC1CCN(S(=O)(=O)c2ccc(N3CC(C(=O)NCCCOC(C)C)CC3=O)cc2)CC1. The molecule has 2 fully saturated rings. The molecule has 8 nitrogen and oxygen atoms in total. The molecular formula is C23H35N3O5S. The number of ether oxygens (including phenoxy) is 1. The number of nitrogens with zero attached hydrogens (tertiary/aromatic N) is 2. The van der Waals surface area contributed by atoms with Gasteiger partial charge in [0.15, 0.2) is 0 Å². The molecule has 1 atom stereocenters. The molecule has 0 saturated carbocycles. The van der Waals surface area contributed by atoms with E-state index in [1.165, 1.54) is 4.31 Å². The number of benzene rings is 1. The average Bonchev–Trinajstić information content (AvgIpc) is 3.15. The summed E-state index contributed by atoms with van der Waals surface area (Å²) in [4.78, 5) is 26.7. The normalized spacial score (nSPS) is 20.8. The van der Waals surface area contributed by atoms with E-state index in [1.54, 1.807) is 29.2 Å². The van der Waals surface area contributed by atoms with Crippen LogP contribution in [-0.2, 0) is 24.3 Å². The van der Waals surface area contributed by atoms with Crippen molar-refractivity contribution >= 4 is 27.5 Å². The maximum absolute atomic E-state index is 12.9. The lowest BCUT2D eigenvalue weighted by Crippen LogP contribution is -2.37. The highest BCUT2D eigenvalue weighted by molar-refractivity contribution is 7.89. The number of hydrogen-bond acceptors (Lipinski definition) is 5. The molecular weight excluding hydrogens is 430 g/mol. The largest absolute Gasteiger partial charge is 0.379 e. The van der Waals surface area contributed by atoms with Crippen LogP contribution >= 0.6 is 0 Å². The highest BCUT2D eigenvalue weighted by Gasteiger charge is 2.35. The van der Waals surface area contributed by atoms with Crippen molar-refractivity contribution in [3.8, 4) is 0 Å². The lowest BCUT2D eigenvalue weighted by atomic mass is 10.0. The van der Waals surface area contributed by atoms with Gasteiger partial charge in [0, 0.05) is 44.9 Å². The highest BCUT2D eigenvalue weighted by Crippen LogP contribution is 2.28. The second kappa shape index (κ2) is 10.8. The predicted octanol–water partition coefficient (Wildman–Crippen LogP) is 2.39. The van der Waals surface area contributed by atoms with E-state index in [2.05, 4.69) is 12.2 Å². The summed E-state index contributed by atoms with van der Waals surface area (Å²) in [6.45, 7) is 8.54. The Balaban J connectivity index is 1.55. The van der Waals surface area contributed by atoms with Crippen LogP contribution in [0.15, 0.2) is 29.2 Å². The Kier molecular flexibility index (Phi) is 8.30. The zero-order chi connectivity index (χ0) is 23.3. The van der Waals surface area contributed by atoms with E-state index in [1.807, 2.05) is 13.8 Å². The van der Waals surface area contributed by atoms with Crippen LogP contribution in [0.1, 0.15) is 46.5 Å². The van der Waals surface area contributed by atoms with Crippen molar-refractivity contribution in [1.29, 1.82) is 0 Å². The standard InChI is InChI=1S/C23H35N3O5S/c1-17(2)31-14-4-11-24-23(28)19-15-22(27)26(16-19)20-5-7-21(8-6-20)32(29,30)25-12-9-18(3)10-13-25/h5-8,17-19H,4,9-16H2,1-3H3,(H,24,28). The first kappa shape index (κ1) is 24.7. The van der Waals surface area contributed by atoms with Gasteiger partial charge in [-0.2, -0.15) is 4.31 Å². The van der Waals surface area contributed by atoms with Gasteiger partial charge in [-0.25, -0.2) is 8.42 Å². The second-order valence-electron chi connectivity index (χ2n) is 9.05. The minimum atomic E-state index is -3.53. The number of rotatable bonds is 9. The van der Waals surface area contributed by atoms with Crippen molar-refractivity contribution < 1.29 is 22.7 Å². The van der Waals surface area contributed by atoms with Crippen LogP contribution in [0.2, 0.25) is 0 Å². The lowest BCUT2D eigenvalue weighted by Gasteiger charge is -2.29. The molecule has 0 spiro atoms. The molecule has 0 radical (unpaired) electrons. The minimum absolute atomic E-state index is 0.131. The molecule has 2 aliphatic rings. The first-order chi connectivity index (χ1) is 15.2. The zero-order valence-electron chi connectivity index (χ0n) is 19.2. The van der Waals surface area contributed by atoms with Crippen molar-refractivity contribution in [2.75, 3.05) is 37.7 Å². The molecule has 178 valence electrons. The summed E-state index contributed by atoms with van der Waals surface area (Å²) in [7, 11) is -3.53. The fourth-order valence-electron chi connectivity index (χ4n) is 4.05. The molecule has 1 N–H and O–H groups in total. The Morgan fingerprint density at radius 1 is 1.19 bits per heavy atom. The number of sulfonamides is 1. The number of carbonyl (C=O) groups excluding carboxylic acids is 2. The summed E-state index contributed by atoms with van der Waals surface area (Å²) in [5.41, 5.74) is 0.613. The second-order valence-corrected chi connectivity index (χ2v) is 11.0. The van der Waals surface area contributed by atoms with E-state index in [4.69, 9.17) is 4.74 Å². The Labute approximate surface area is 191 Å². The Bertz CT molecular complexity index is 893. The van der Waals surface area contributed by atoms with Crippen LogP contribution in [0.4, 0.5) is 5.69 Å². The molecule has 2 amide bonds. The van der Waals surface area contributed by atoms with Gasteiger partial charge in [0.25, 0.3) is 0 Å². The van der Waals surface area contributed by atoms with Gasteiger partial charge in [0.1, 0.15) is 0 Å². The molecule has 1 aromatic carbocycles. The van der Waals surface area contributed by atoms with Crippen LogP contribution in [0, 0.1) is 11.8 Å². The van der Waals surface area contributed by atoms with Crippen LogP contribution in [0.25, 0.3) is 0 Å². The molecule has 0 aliphatic carbocycles. The minimum Gasteiger partial charge on any atom is -0.379 e. The van der Waals surface area contributed by atoms with Crippen molar-refractivity contribution in [2.24, 2.45) is 11.8 Å². The lowest BCUT2D eigenvalue weighted by molar-refractivity contribution is -0.126. The van der Waals surface area contributed by atoms with E-state index in [-0.39, 0.29) is 29.2 Å². The quantitative estimate of drug-likeness (QED) is 0.565. The van der Waals surface area contributed by atoms with E-state index >= 15 is 0 Å². The first-order valence-corrected chi connectivity index (χ1v) is 12.9. The van der Waals surface area contributed by atoms with Crippen molar-refractivity contribution in [3.63, 3.8) is 0 Å². The monoisotopic (exact) mass is 465 g/mol. The average molecular weight is 466 g/mol. The van der Waals surface area contributed by atoms with Crippen LogP contribution in [-0.4, -0.2) is 63.4 Å². The maximum atomic E-state index is 12.9. The fourth-order valence-corrected chi connectivity index (χ4v) is 5.52. The summed E-state index contributed by atoms with van der Waals surface area (Å²) in [6.07, 6.45) is 2.78. The van der Waals surface area contributed by atoms with Gasteiger partial charge in [-0.3, -0.25) is 9.59 Å². The number of anilines is 1. The number of piperidine rings is 1. The van der Waals surface area contributed by atoms with E-state index in [0.717, 1.165) is 19.3 Å². The predicted molar refractivity (Wildman–Crippen MR) is 123 cm³/mol. The smallest absolute Gasteiger partial charge is 0.243 e. The maximum Gasteiger partial charge on any atom is 0.243 e. The number of carbonyl (C=O) groups is 2. The van der Waals surface area contributed by atoms with Crippen LogP contribution in [0.5, 0.6) is 0 Å². The topological polar surface area (TPSA) is 96.0 Å². The third kappa shape index (κ3) is 6.08. The molecule has 2 saturated heterocycles. The molecule has 3 rings (SSSR count). The number of amides is 2. The molecule has 2 aliphatic heterocycles. The summed E-state index contributed by atoms with van der Waals surface area (Å²) in [5, 5.41) is 2.88. The van der Waals surface area contributed by atoms with E-state index < -0.39 is 15.9 Å². The van der Waals surface area contributed by atoms with Gasteiger partial charge in [0.2, 0.25) is 21.8 Å². The summed E-state index contributed by atoms with van der Waals surface area (Å²) in [6, 6.07) is 6.41. The molecule has 1 aromatic rings. The van der Waals surface area contributed by atoms with Gasteiger partial charge in [0.05, 0.1) is 16.9 Å². The van der Waals surface area contributed by atoms with Gasteiger partial charge >= 0.3 is 0 Å². The van der Waals surface area contributed by atoms with Gasteiger partial charge < -0.3 is 15.0 Å². The Morgan fingerprint density at radius 3 is 2.47 bits per heavy atom.